The first kappa shape index (κ1) is 24.4. The van der Waals surface area contributed by atoms with Crippen LogP contribution in [0.25, 0.3) is 22.3 Å². The van der Waals surface area contributed by atoms with E-state index >= 15 is 0 Å². The van der Waals surface area contributed by atoms with E-state index in [0.29, 0.717) is 0 Å². The fraction of sp³-hybridized carbons (Fsp3) is 0.318. The number of aliphatic hydroxyl groups excluding tert-OH is 4. The van der Waals surface area contributed by atoms with Crippen molar-refractivity contribution in [2.24, 2.45) is 0 Å². The molecule has 1 fully saturated rings. The summed E-state index contributed by atoms with van der Waals surface area (Å²) in [6.07, 6.45) is -7.76. The van der Waals surface area contributed by atoms with Gasteiger partial charge in [0.05, 0.1) is 13.7 Å². The smallest absolute Gasteiger partial charge is 0.238 e. The van der Waals surface area contributed by atoms with Crippen molar-refractivity contribution in [2.45, 2.75) is 30.7 Å². The highest BCUT2D eigenvalue weighted by Crippen LogP contribution is 2.42. The third kappa shape index (κ3) is 4.15. The molecule has 5 atom stereocenters. The van der Waals surface area contributed by atoms with E-state index < -0.39 is 71.5 Å². The molecule has 13 heteroatoms. The quantitative estimate of drug-likeness (QED) is 0.209. The van der Waals surface area contributed by atoms with Crippen molar-refractivity contribution < 1.29 is 59.5 Å². The minimum Gasteiger partial charge on any atom is -0.504 e. The number of ether oxygens (including phenoxy) is 3. The molecule has 0 spiro atoms. The molecule has 1 aromatic heterocycles. The molecule has 0 aliphatic carbocycles. The first-order valence-electron chi connectivity index (χ1n) is 10.2. The van der Waals surface area contributed by atoms with Crippen LogP contribution >= 0.6 is 0 Å². The average molecular weight is 494 g/mol. The Morgan fingerprint density at radius 2 is 1.57 bits per heavy atom. The monoisotopic (exact) mass is 494 g/mol. The summed E-state index contributed by atoms with van der Waals surface area (Å²) in [4.78, 5) is 12.9. The van der Waals surface area contributed by atoms with Gasteiger partial charge < -0.3 is 59.5 Å². The number of hydrogen-bond donors (Lipinski definition) is 8. The van der Waals surface area contributed by atoms with Crippen LogP contribution in [0.15, 0.2) is 33.5 Å². The summed E-state index contributed by atoms with van der Waals surface area (Å²) in [7, 11) is 1.23. The molecule has 0 bridgehead atoms. The number of hydrogen-bond acceptors (Lipinski definition) is 13. The van der Waals surface area contributed by atoms with Crippen LogP contribution in [0, 0.1) is 0 Å². The molecule has 0 amide bonds. The van der Waals surface area contributed by atoms with Crippen molar-refractivity contribution in [3.63, 3.8) is 0 Å². The minimum atomic E-state index is -1.71. The number of rotatable bonds is 5. The first-order chi connectivity index (χ1) is 16.6. The van der Waals surface area contributed by atoms with Gasteiger partial charge in [-0.1, -0.05) is 0 Å². The van der Waals surface area contributed by atoms with Gasteiger partial charge in [0.15, 0.2) is 23.0 Å². The zero-order valence-corrected chi connectivity index (χ0v) is 18.0. The predicted molar refractivity (Wildman–Crippen MR) is 116 cm³/mol. The van der Waals surface area contributed by atoms with Crippen molar-refractivity contribution in [1.29, 1.82) is 0 Å². The molecule has 4 rings (SSSR count). The highest BCUT2D eigenvalue weighted by atomic mass is 16.7. The molecule has 1 aliphatic heterocycles. The van der Waals surface area contributed by atoms with E-state index in [1.165, 1.54) is 19.2 Å². The molecule has 0 radical (unpaired) electrons. The van der Waals surface area contributed by atoms with Crippen LogP contribution in [0.1, 0.15) is 0 Å². The number of aliphatic hydroxyl groups is 4. The second kappa shape index (κ2) is 9.13. The van der Waals surface area contributed by atoms with Gasteiger partial charge in [0.2, 0.25) is 17.5 Å². The Kier molecular flexibility index (Phi) is 6.36. The summed E-state index contributed by atoms with van der Waals surface area (Å²) in [5, 5.41) is 78.8. The normalized spacial score (nSPS) is 24.4. The predicted octanol–water partition coefficient (Wildman–Crippen LogP) is -0.530. The fourth-order valence-electron chi connectivity index (χ4n) is 3.71. The third-order valence-electron chi connectivity index (χ3n) is 5.56. The molecule has 2 unspecified atom stereocenters. The SMILES string of the molecule is COc1cc(OC2O[C@H](CO)[C@@H](O)C(O)[C@H]2O)cc2oc(-c3cc(O)c(O)c(O)c3)c(O)c(=O)c12. The molecule has 35 heavy (non-hydrogen) atoms. The summed E-state index contributed by atoms with van der Waals surface area (Å²) in [5.41, 5.74) is -1.26. The van der Waals surface area contributed by atoms with Crippen LogP contribution in [-0.2, 0) is 4.74 Å². The van der Waals surface area contributed by atoms with E-state index in [4.69, 9.17) is 18.6 Å². The van der Waals surface area contributed by atoms with Crippen LogP contribution in [0.5, 0.6) is 34.5 Å². The Balaban J connectivity index is 1.82. The Morgan fingerprint density at radius 3 is 2.17 bits per heavy atom. The molecule has 0 saturated carbocycles. The van der Waals surface area contributed by atoms with Crippen LogP contribution in [0.4, 0.5) is 0 Å². The zero-order valence-electron chi connectivity index (χ0n) is 18.0. The fourth-order valence-corrected chi connectivity index (χ4v) is 3.71. The van der Waals surface area contributed by atoms with Crippen LogP contribution in [-0.4, -0.2) is 85.3 Å². The third-order valence-corrected chi connectivity index (χ3v) is 5.56. The van der Waals surface area contributed by atoms with Gasteiger partial charge in [0.25, 0.3) is 0 Å². The lowest BCUT2D eigenvalue weighted by Gasteiger charge is -2.39. The van der Waals surface area contributed by atoms with Gasteiger partial charge in [-0.3, -0.25) is 4.79 Å². The molecular formula is C22H22O13. The second-order valence-electron chi connectivity index (χ2n) is 7.79. The average Bonchev–Trinajstić information content (AvgIpc) is 2.84. The summed E-state index contributed by atoms with van der Waals surface area (Å²) in [6.45, 7) is -0.671. The molecule has 13 nitrogen and oxygen atoms in total. The maximum atomic E-state index is 12.9. The molecule has 188 valence electrons. The number of fused-ring (bicyclic) bond motifs is 1. The van der Waals surface area contributed by atoms with E-state index in [9.17, 15) is 45.6 Å². The first-order valence-corrected chi connectivity index (χ1v) is 10.2. The topological polar surface area (TPSA) is 220 Å². The van der Waals surface area contributed by atoms with Crippen molar-refractivity contribution in [3.05, 3.63) is 34.5 Å². The van der Waals surface area contributed by atoms with E-state index in [1.54, 1.807) is 0 Å². The van der Waals surface area contributed by atoms with Crippen molar-refractivity contribution in [2.75, 3.05) is 13.7 Å². The van der Waals surface area contributed by atoms with Gasteiger partial charge in [-0.2, -0.15) is 0 Å². The molecule has 8 N–H and O–H groups in total. The molecule has 1 saturated heterocycles. The van der Waals surface area contributed by atoms with Gasteiger partial charge in [0, 0.05) is 17.7 Å². The lowest BCUT2D eigenvalue weighted by atomic mass is 9.99. The van der Waals surface area contributed by atoms with Crippen molar-refractivity contribution >= 4 is 11.0 Å². The van der Waals surface area contributed by atoms with Gasteiger partial charge in [-0.25, -0.2) is 0 Å². The summed E-state index contributed by atoms with van der Waals surface area (Å²) in [6, 6.07) is 4.30. The number of methoxy groups -OCH3 is 1. The van der Waals surface area contributed by atoms with E-state index in [2.05, 4.69) is 0 Å². The van der Waals surface area contributed by atoms with Crippen LogP contribution in [0.3, 0.4) is 0 Å². The lowest BCUT2D eigenvalue weighted by molar-refractivity contribution is -0.277. The van der Waals surface area contributed by atoms with E-state index in [0.717, 1.165) is 12.1 Å². The van der Waals surface area contributed by atoms with Gasteiger partial charge in [-0.15, -0.1) is 0 Å². The Morgan fingerprint density at radius 1 is 0.914 bits per heavy atom. The van der Waals surface area contributed by atoms with Crippen LogP contribution in [0.2, 0.25) is 0 Å². The van der Waals surface area contributed by atoms with Crippen LogP contribution < -0.4 is 14.9 Å². The number of aromatic hydroxyl groups is 4. The Labute approximate surface area is 195 Å². The molecule has 1 aliphatic rings. The van der Waals surface area contributed by atoms with E-state index in [-0.39, 0.29) is 28.0 Å². The van der Waals surface area contributed by atoms with Crippen molar-refractivity contribution in [3.8, 4) is 45.8 Å². The zero-order chi connectivity index (χ0) is 25.6. The van der Waals surface area contributed by atoms with Crippen molar-refractivity contribution in [1.82, 2.24) is 0 Å². The summed E-state index contributed by atoms with van der Waals surface area (Å²) < 4.78 is 21.7. The lowest BCUT2D eigenvalue weighted by Crippen LogP contribution is -2.60. The highest BCUT2D eigenvalue weighted by molar-refractivity contribution is 5.88. The highest BCUT2D eigenvalue weighted by Gasteiger charge is 2.44. The summed E-state index contributed by atoms with van der Waals surface area (Å²) in [5.74, 6) is -3.81. The molecular weight excluding hydrogens is 472 g/mol. The molecule has 2 aromatic carbocycles. The van der Waals surface area contributed by atoms with E-state index in [1.807, 2.05) is 0 Å². The van der Waals surface area contributed by atoms with Gasteiger partial charge in [0.1, 0.15) is 46.9 Å². The number of phenols is 3. The molecule has 2 heterocycles. The Bertz CT molecular complexity index is 1290. The second-order valence-corrected chi connectivity index (χ2v) is 7.79. The number of benzene rings is 2. The Hall–Kier alpha value is -3.75. The van der Waals surface area contributed by atoms with Gasteiger partial charge in [-0.05, 0) is 12.1 Å². The maximum absolute atomic E-state index is 12.9. The summed E-state index contributed by atoms with van der Waals surface area (Å²) >= 11 is 0. The maximum Gasteiger partial charge on any atom is 0.238 e. The minimum absolute atomic E-state index is 0.0881. The number of phenolic OH excluding ortho intramolecular Hbond substituents is 3. The standard InChI is InChI=1S/C22H22O13/c1-32-11-4-8(33-22-20(31)18(29)16(27)13(6-23)35-22)5-12-14(11)17(28)19(30)21(34-12)7-2-9(24)15(26)10(25)3-7/h2-5,13,16,18,20,22-27,29-31H,6H2,1H3/t13-,16-,18?,20-,22?/m1/s1. The largest absolute Gasteiger partial charge is 0.504 e. The van der Waals surface area contributed by atoms with Gasteiger partial charge >= 0.3 is 0 Å². The molecule has 3 aromatic rings.